The maximum absolute atomic E-state index is 11.4. The summed E-state index contributed by atoms with van der Waals surface area (Å²) < 4.78 is 0. The highest BCUT2D eigenvalue weighted by atomic mass is 16.3. The Kier molecular flexibility index (Phi) is 5.70. The van der Waals surface area contributed by atoms with Crippen molar-refractivity contribution in [3.8, 4) is 0 Å². The zero-order chi connectivity index (χ0) is 12.7. The van der Waals surface area contributed by atoms with Crippen molar-refractivity contribution in [1.82, 2.24) is 5.32 Å². The largest absolute Gasteiger partial charge is 0.393 e. The summed E-state index contributed by atoms with van der Waals surface area (Å²) in [6.45, 7) is 4.37. The second-order valence-electron chi connectivity index (χ2n) is 4.33. The van der Waals surface area contributed by atoms with Crippen molar-refractivity contribution in [2.24, 2.45) is 0 Å². The number of carbonyl (C=O) groups is 1. The van der Waals surface area contributed by atoms with Crippen molar-refractivity contribution in [2.75, 3.05) is 0 Å². The van der Waals surface area contributed by atoms with Crippen molar-refractivity contribution in [2.45, 2.75) is 45.8 Å². The molecule has 1 atom stereocenters. The van der Waals surface area contributed by atoms with Gasteiger partial charge in [-0.2, -0.15) is 0 Å². The molecule has 1 unspecified atom stereocenters. The van der Waals surface area contributed by atoms with Crippen molar-refractivity contribution in [1.29, 1.82) is 0 Å². The number of aliphatic hydroxyl groups is 1. The van der Waals surface area contributed by atoms with Gasteiger partial charge in [-0.1, -0.05) is 31.2 Å². The molecule has 0 saturated carbocycles. The molecule has 3 nitrogen and oxygen atoms in total. The van der Waals surface area contributed by atoms with Crippen molar-refractivity contribution in [3.63, 3.8) is 0 Å². The summed E-state index contributed by atoms with van der Waals surface area (Å²) in [5.41, 5.74) is 2.40. The van der Waals surface area contributed by atoms with Gasteiger partial charge in [0.15, 0.2) is 0 Å². The Balaban J connectivity index is 2.31. The Morgan fingerprint density at radius 2 is 1.88 bits per heavy atom. The lowest BCUT2D eigenvalue weighted by molar-refractivity contribution is -0.121. The second kappa shape index (κ2) is 7.07. The first-order valence-corrected chi connectivity index (χ1v) is 6.14. The Bertz CT molecular complexity index is 344. The van der Waals surface area contributed by atoms with Crippen LogP contribution in [0.15, 0.2) is 24.3 Å². The van der Waals surface area contributed by atoms with E-state index < -0.39 is 6.10 Å². The minimum atomic E-state index is -0.412. The monoisotopic (exact) mass is 235 g/mol. The molecular formula is C14H21NO2. The fourth-order valence-electron chi connectivity index (χ4n) is 1.52. The molecule has 0 saturated heterocycles. The van der Waals surface area contributed by atoms with Crippen LogP contribution in [-0.2, 0) is 17.8 Å². The fraction of sp³-hybridized carbons (Fsp3) is 0.500. The predicted octanol–water partition coefficient (Wildman–Crippen LogP) is 2.03. The molecular weight excluding hydrogens is 214 g/mol. The van der Waals surface area contributed by atoms with E-state index in [1.807, 2.05) is 12.1 Å². The topological polar surface area (TPSA) is 49.3 Å². The molecule has 0 radical (unpaired) electrons. The van der Waals surface area contributed by atoms with Crippen LogP contribution in [0.4, 0.5) is 0 Å². The summed E-state index contributed by atoms with van der Waals surface area (Å²) in [5.74, 6) is -0.00883. The van der Waals surface area contributed by atoms with Crippen LogP contribution < -0.4 is 5.32 Å². The summed E-state index contributed by atoms with van der Waals surface area (Å²) >= 11 is 0. The van der Waals surface area contributed by atoms with Gasteiger partial charge in [0, 0.05) is 13.0 Å². The molecule has 0 aliphatic carbocycles. The highest BCUT2D eigenvalue weighted by Crippen LogP contribution is 2.05. The number of aliphatic hydroxyl groups excluding tert-OH is 1. The normalized spacial score (nSPS) is 12.2. The fourth-order valence-corrected chi connectivity index (χ4v) is 1.52. The maximum Gasteiger partial charge on any atom is 0.220 e. The summed E-state index contributed by atoms with van der Waals surface area (Å²) in [6, 6.07) is 8.23. The van der Waals surface area contributed by atoms with Gasteiger partial charge in [-0.25, -0.2) is 0 Å². The SMILES string of the molecule is CCc1ccc(CNC(=O)CCC(C)O)cc1. The van der Waals surface area contributed by atoms with Gasteiger partial charge >= 0.3 is 0 Å². The number of nitrogens with one attached hydrogen (secondary N) is 1. The van der Waals surface area contributed by atoms with Crippen LogP contribution in [0.5, 0.6) is 0 Å². The van der Waals surface area contributed by atoms with Crippen molar-refractivity contribution >= 4 is 5.91 Å². The molecule has 1 aromatic carbocycles. The van der Waals surface area contributed by atoms with Gasteiger partial charge in [-0.15, -0.1) is 0 Å². The molecule has 1 rings (SSSR count). The Labute approximate surface area is 103 Å². The molecule has 0 heterocycles. The van der Waals surface area contributed by atoms with Crippen LogP contribution in [-0.4, -0.2) is 17.1 Å². The highest BCUT2D eigenvalue weighted by molar-refractivity contribution is 5.75. The standard InChI is InChI=1S/C14H21NO2/c1-3-12-5-7-13(8-6-12)10-15-14(17)9-4-11(2)16/h5-8,11,16H,3-4,9-10H2,1-2H3,(H,15,17). The molecule has 1 amide bonds. The van der Waals surface area contributed by atoms with Crippen molar-refractivity contribution in [3.05, 3.63) is 35.4 Å². The van der Waals surface area contributed by atoms with E-state index in [4.69, 9.17) is 5.11 Å². The van der Waals surface area contributed by atoms with Crippen LogP contribution in [0, 0.1) is 0 Å². The van der Waals surface area contributed by atoms with Gasteiger partial charge in [0.1, 0.15) is 0 Å². The van der Waals surface area contributed by atoms with E-state index in [2.05, 4.69) is 24.4 Å². The molecule has 1 aromatic rings. The van der Waals surface area contributed by atoms with E-state index >= 15 is 0 Å². The number of carbonyl (C=O) groups excluding carboxylic acids is 1. The zero-order valence-electron chi connectivity index (χ0n) is 10.6. The summed E-state index contributed by atoms with van der Waals surface area (Å²) in [6.07, 6.45) is 1.51. The Morgan fingerprint density at radius 3 is 2.41 bits per heavy atom. The number of amides is 1. The zero-order valence-corrected chi connectivity index (χ0v) is 10.6. The van der Waals surface area contributed by atoms with Gasteiger partial charge in [0.25, 0.3) is 0 Å². The average molecular weight is 235 g/mol. The maximum atomic E-state index is 11.4. The smallest absolute Gasteiger partial charge is 0.220 e. The molecule has 0 aliphatic rings. The van der Waals surface area contributed by atoms with E-state index in [9.17, 15) is 4.79 Å². The van der Waals surface area contributed by atoms with E-state index in [1.165, 1.54) is 5.56 Å². The number of hydrogen-bond acceptors (Lipinski definition) is 2. The molecule has 3 heteroatoms. The molecule has 0 aromatic heterocycles. The van der Waals surface area contributed by atoms with Crippen LogP contribution in [0.25, 0.3) is 0 Å². The third kappa shape index (κ3) is 5.50. The van der Waals surface area contributed by atoms with Gasteiger partial charge in [-0.3, -0.25) is 4.79 Å². The van der Waals surface area contributed by atoms with Crippen LogP contribution in [0.1, 0.15) is 37.8 Å². The molecule has 0 aliphatic heterocycles. The molecule has 0 fully saturated rings. The molecule has 94 valence electrons. The summed E-state index contributed by atoms with van der Waals surface area (Å²) in [5, 5.41) is 11.9. The lowest BCUT2D eigenvalue weighted by Crippen LogP contribution is -2.23. The molecule has 17 heavy (non-hydrogen) atoms. The average Bonchev–Trinajstić information content (AvgIpc) is 2.34. The first-order valence-electron chi connectivity index (χ1n) is 6.14. The quantitative estimate of drug-likeness (QED) is 0.792. The van der Waals surface area contributed by atoms with Crippen molar-refractivity contribution < 1.29 is 9.90 Å². The summed E-state index contributed by atoms with van der Waals surface area (Å²) in [7, 11) is 0. The highest BCUT2D eigenvalue weighted by Gasteiger charge is 2.03. The third-order valence-electron chi connectivity index (χ3n) is 2.71. The number of aryl methyl sites for hydroxylation is 1. The molecule has 2 N–H and O–H groups in total. The number of rotatable bonds is 6. The number of benzene rings is 1. The lowest BCUT2D eigenvalue weighted by atomic mass is 10.1. The number of hydrogen-bond donors (Lipinski definition) is 2. The van der Waals surface area contributed by atoms with Gasteiger partial charge in [0.2, 0.25) is 5.91 Å². The van der Waals surface area contributed by atoms with Crippen LogP contribution in [0.3, 0.4) is 0 Å². The van der Waals surface area contributed by atoms with Crippen LogP contribution in [0.2, 0.25) is 0 Å². The van der Waals surface area contributed by atoms with Gasteiger partial charge < -0.3 is 10.4 Å². The Hall–Kier alpha value is -1.35. The van der Waals surface area contributed by atoms with Gasteiger partial charge in [-0.05, 0) is 30.9 Å². The predicted molar refractivity (Wildman–Crippen MR) is 68.6 cm³/mol. The van der Waals surface area contributed by atoms with E-state index in [-0.39, 0.29) is 5.91 Å². The summed E-state index contributed by atoms with van der Waals surface area (Å²) in [4.78, 5) is 11.4. The van der Waals surface area contributed by atoms with Gasteiger partial charge in [0.05, 0.1) is 6.10 Å². The molecule has 0 bridgehead atoms. The lowest BCUT2D eigenvalue weighted by Gasteiger charge is -2.07. The second-order valence-corrected chi connectivity index (χ2v) is 4.33. The third-order valence-corrected chi connectivity index (χ3v) is 2.71. The first kappa shape index (κ1) is 13.7. The first-order chi connectivity index (χ1) is 8.11. The van der Waals surface area contributed by atoms with E-state index in [0.717, 1.165) is 12.0 Å². The van der Waals surface area contributed by atoms with E-state index in [0.29, 0.717) is 19.4 Å². The Morgan fingerprint density at radius 1 is 1.29 bits per heavy atom. The van der Waals surface area contributed by atoms with Crippen LogP contribution >= 0.6 is 0 Å². The minimum Gasteiger partial charge on any atom is -0.393 e. The molecule has 0 spiro atoms. The minimum absolute atomic E-state index is 0.00883. The van der Waals surface area contributed by atoms with E-state index in [1.54, 1.807) is 6.92 Å².